The van der Waals surface area contributed by atoms with Crippen molar-refractivity contribution in [1.82, 2.24) is 9.78 Å². The van der Waals surface area contributed by atoms with Gasteiger partial charge in [0.25, 0.3) is 0 Å². The molecule has 0 saturated carbocycles. The maximum atomic E-state index is 12.7. The molecule has 1 aromatic rings. The summed E-state index contributed by atoms with van der Waals surface area (Å²) in [5, 5.41) is 12.1. The average molecular weight is 251 g/mol. The number of carbonyl (C=O) groups is 1. The Morgan fingerprint density at radius 3 is 2.06 bits per heavy atom. The molecule has 17 heavy (non-hydrogen) atoms. The smallest absolute Gasteiger partial charge is 0.422 e. The second-order valence-electron chi connectivity index (χ2n) is 4.49. The van der Waals surface area contributed by atoms with E-state index in [0.29, 0.717) is 0 Å². The molecule has 5 nitrogen and oxygen atoms in total. The largest absolute Gasteiger partial charge is 0.476 e. The molecular weight excluding hydrogens is 239 g/mol. The van der Waals surface area contributed by atoms with Crippen molar-refractivity contribution >= 4 is 11.8 Å². The lowest BCUT2D eigenvalue weighted by Gasteiger charge is -2.21. The minimum absolute atomic E-state index is 0.692. The number of hydrogen-bond donors (Lipinski definition) is 2. The number of aromatic carboxylic acids is 1. The zero-order valence-corrected chi connectivity index (χ0v) is 9.46. The van der Waals surface area contributed by atoms with Gasteiger partial charge in [0, 0.05) is 0 Å². The predicted molar refractivity (Wildman–Crippen MR) is 53.6 cm³/mol. The van der Waals surface area contributed by atoms with Gasteiger partial charge in [-0.3, -0.25) is 0 Å². The fourth-order valence-corrected chi connectivity index (χ4v) is 1.37. The van der Waals surface area contributed by atoms with Crippen LogP contribution in [0.2, 0.25) is 0 Å². The minimum Gasteiger partial charge on any atom is -0.476 e. The van der Waals surface area contributed by atoms with Crippen LogP contribution in [0.25, 0.3) is 0 Å². The topological polar surface area (TPSA) is 81.1 Å². The Hall–Kier alpha value is -1.73. The first-order chi connectivity index (χ1) is 7.46. The minimum atomic E-state index is -4.85. The number of alkyl halides is 3. The molecule has 8 heteroatoms. The molecule has 1 aromatic heterocycles. The lowest BCUT2D eigenvalue weighted by atomic mass is 10.1. The molecule has 0 fully saturated rings. The maximum Gasteiger partial charge on any atom is 0.422 e. The Balaban J connectivity index is 3.59. The van der Waals surface area contributed by atoms with E-state index in [-0.39, 0.29) is 0 Å². The van der Waals surface area contributed by atoms with Crippen LogP contribution in [0.1, 0.15) is 36.8 Å². The van der Waals surface area contributed by atoms with E-state index in [4.69, 9.17) is 10.8 Å². The molecule has 0 saturated heterocycles. The van der Waals surface area contributed by atoms with Crippen LogP contribution in [-0.4, -0.2) is 20.9 Å². The van der Waals surface area contributed by atoms with E-state index < -0.39 is 34.8 Å². The predicted octanol–water partition coefficient (Wildman–Crippen LogP) is 1.94. The first kappa shape index (κ1) is 13.3. The third-order valence-electron chi connectivity index (χ3n) is 2.04. The van der Waals surface area contributed by atoms with Gasteiger partial charge in [-0.15, -0.1) is 0 Å². The van der Waals surface area contributed by atoms with Crippen molar-refractivity contribution in [2.75, 3.05) is 5.73 Å². The van der Waals surface area contributed by atoms with Crippen LogP contribution in [0.3, 0.4) is 0 Å². The zero-order valence-electron chi connectivity index (χ0n) is 9.46. The molecule has 1 rings (SSSR count). The van der Waals surface area contributed by atoms with Gasteiger partial charge in [0.05, 0.1) is 5.54 Å². The van der Waals surface area contributed by atoms with E-state index in [2.05, 4.69) is 5.10 Å². The molecule has 0 aliphatic carbocycles. The Morgan fingerprint density at radius 1 is 1.35 bits per heavy atom. The van der Waals surface area contributed by atoms with Crippen molar-refractivity contribution in [2.24, 2.45) is 0 Å². The molecule has 0 spiro atoms. The molecule has 0 atom stereocenters. The summed E-state index contributed by atoms with van der Waals surface area (Å²) in [6, 6.07) is 0. The number of rotatable bonds is 1. The lowest BCUT2D eigenvalue weighted by Crippen LogP contribution is -2.25. The number of anilines is 1. The Kier molecular flexibility index (Phi) is 2.86. The molecule has 0 unspecified atom stereocenters. The van der Waals surface area contributed by atoms with Crippen LogP contribution >= 0.6 is 0 Å². The van der Waals surface area contributed by atoms with Crippen molar-refractivity contribution in [3.63, 3.8) is 0 Å². The molecule has 1 heterocycles. The van der Waals surface area contributed by atoms with Gasteiger partial charge in [-0.25, -0.2) is 9.48 Å². The molecule has 0 aliphatic rings. The molecular formula is C9H12F3N3O2. The second kappa shape index (κ2) is 3.64. The normalized spacial score (nSPS) is 12.8. The van der Waals surface area contributed by atoms with Crippen LogP contribution in [0.4, 0.5) is 19.0 Å². The molecule has 0 aromatic carbocycles. The maximum absolute atomic E-state index is 12.7. The monoisotopic (exact) mass is 251 g/mol. The lowest BCUT2D eigenvalue weighted by molar-refractivity contribution is -0.137. The number of carboxylic acid groups (broad SMARTS) is 1. The van der Waals surface area contributed by atoms with E-state index in [1.807, 2.05) is 0 Å². The summed E-state index contributed by atoms with van der Waals surface area (Å²) in [5.41, 5.74) is 2.01. The van der Waals surface area contributed by atoms with E-state index in [0.717, 1.165) is 4.68 Å². The summed E-state index contributed by atoms with van der Waals surface area (Å²) in [5.74, 6) is -2.45. The first-order valence-corrected chi connectivity index (χ1v) is 4.65. The van der Waals surface area contributed by atoms with E-state index >= 15 is 0 Å². The summed E-state index contributed by atoms with van der Waals surface area (Å²) in [4.78, 5) is 10.7. The quantitative estimate of drug-likeness (QED) is 0.799. The third kappa shape index (κ3) is 2.34. The molecule has 3 N–H and O–H groups in total. The fraction of sp³-hybridized carbons (Fsp3) is 0.556. The van der Waals surface area contributed by atoms with Gasteiger partial charge < -0.3 is 10.8 Å². The second-order valence-corrected chi connectivity index (χ2v) is 4.49. The number of carboxylic acids is 1. The summed E-state index contributed by atoms with van der Waals surface area (Å²) < 4.78 is 38.9. The van der Waals surface area contributed by atoms with Crippen LogP contribution < -0.4 is 5.73 Å². The SMILES string of the molecule is CC(C)(C)n1nc(C(=O)O)c(C(F)(F)F)c1N. The van der Waals surface area contributed by atoms with Crippen molar-refractivity contribution in [3.05, 3.63) is 11.3 Å². The van der Waals surface area contributed by atoms with Gasteiger partial charge in [0.15, 0.2) is 5.69 Å². The van der Waals surface area contributed by atoms with Crippen molar-refractivity contribution < 1.29 is 23.1 Å². The number of halogens is 3. The fourth-order valence-electron chi connectivity index (χ4n) is 1.37. The first-order valence-electron chi connectivity index (χ1n) is 4.65. The van der Waals surface area contributed by atoms with Crippen molar-refractivity contribution in [1.29, 1.82) is 0 Å². The van der Waals surface area contributed by atoms with Gasteiger partial charge in [0.1, 0.15) is 11.4 Å². The Morgan fingerprint density at radius 2 is 1.82 bits per heavy atom. The highest BCUT2D eigenvalue weighted by Gasteiger charge is 2.42. The van der Waals surface area contributed by atoms with E-state index in [1.54, 1.807) is 20.8 Å². The number of nitrogen functional groups attached to an aromatic ring is 1. The number of nitrogens with zero attached hydrogens (tertiary/aromatic N) is 2. The average Bonchev–Trinajstić information content (AvgIpc) is 2.40. The number of aromatic nitrogens is 2. The highest BCUT2D eigenvalue weighted by molar-refractivity contribution is 5.89. The number of nitrogens with two attached hydrogens (primary N) is 1. The zero-order chi connectivity index (χ0) is 13.6. The molecule has 96 valence electrons. The Labute approximate surface area is 95.0 Å². The standard InChI is InChI=1S/C9H12F3N3O2/c1-8(2,3)15-6(13)4(9(10,11)12)5(14-15)7(16)17/h13H2,1-3H3,(H,16,17). The molecule has 0 amide bonds. The van der Waals surface area contributed by atoms with Gasteiger partial charge in [-0.2, -0.15) is 18.3 Å². The molecule has 0 aliphatic heterocycles. The molecule has 0 radical (unpaired) electrons. The van der Waals surface area contributed by atoms with Crippen LogP contribution in [0, 0.1) is 0 Å². The van der Waals surface area contributed by atoms with Gasteiger partial charge in [0.2, 0.25) is 0 Å². The van der Waals surface area contributed by atoms with Gasteiger partial charge in [-0.05, 0) is 20.8 Å². The summed E-state index contributed by atoms with van der Waals surface area (Å²) in [6.07, 6.45) is -4.85. The van der Waals surface area contributed by atoms with E-state index in [1.165, 1.54) is 0 Å². The van der Waals surface area contributed by atoms with E-state index in [9.17, 15) is 18.0 Å². The van der Waals surface area contributed by atoms with Gasteiger partial charge in [-0.1, -0.05) is 0 Å². The summed E-state index contributed by atoms with van der Waals surface area (Å²) in [6.45, 7) is 4.71. The number of hydrogen-bond acceptors (Lipinski definition) is 3. The Bertz CT molecular complexity index is 457. The highest BCUT2D eigenvalue weighted by Crippen LogP contribution is 2.37. The van der Waals surface area contributed by atoms with Crippen LogP contribution in [0.15, 0.2) is 0 Å². The van der Waals surface area contributed by atoms with Crippen molar-refractivity contribution in [2.45, 2.75) is 32.5 Å². The highest BCUT2D eigenvalue weighted by atomic mass is 19.4. The van der Waals surface area contributed by atoms with Crippen molar-refractivity contribution in [3.8, 4) is 0 Å². The summed E-state index contributed by atoms with van der Waals surface area (Å²) in [7, 11) is 0. The third-order valence-corrected chi connectivity index (χ3v) is 2.04. The van der Waals surface area contributed by atoms with Gasteiger partial charge >= 0.3 is 12.1 Å². The van der Waals surface area contributed by atoms with Crippen LogP contribution in [-0.2, 0) is 11.7 Å². The summed E-state index contributed by atoms with van der Waals surface area (Å²) >= 11 is 0. The molecule has 0 bridgehead atoms. The van der Waals surface area contributed by atoms with Crippen LogP contribution in [0.5, 0.6) is 0 Å².